The van der Waals surface area contributed by atoms with E-state index < -0.39 is 6.17 Å². The second-order valence-electron chi connectivity index (χ2n) is 9.73. The van der Waals surface area contributed by atoms with E-state index >= 15 is 0 Å². The highest BCUT2D eigenvalue weighted by Gasteiger charge is 2.32. The van der Waals surface area contributed by atoms with Gasteiger partial charge in [0.15, 0.2) is 0 Å². The number of ether oxygens (including phenoxy) is 1. The highest BCUT2D eigenvalue weighted by Crippen LogP contribution is 2.33. The van der Waals surface area contributed by atoms with Crippen molar-refractivity contribution in [2.75, 3.05) is 19.6 Å². The van der Waals surface area contributed by atoms with Gasteiger partial charge >= 0.3 is 0 Å². The van der Waals surface area contributed by atoms with Gasteiger partial charge in [0.05, 0.1) is 10.7 Å². The molecule has 0 spiro atoms. The van der Waals surface area contributed by atoms with Crippen LogP contribution in [-0.2, 0) is 19.3 Å². The number of aromatic nitrogens is 2. The van der Waals surface area contributed by atoms with Crippen LogP contribution in [0.3, 0.4) is 0 Å². The second-order valence-corrected chi connectivity index (χ2v) is 12.1. The third kappa shape index (κ3) is 9.47. The molecular weight excluding hydrogens is 479 g/mol. The Bertz CT molecular complexity index is 849. The summed E-state index contributed by atoms with van der Waals surface area (Å²) in [5.74, 6) is 0.969. The van der Waals surface area contributed by atoms with Crippen molar-refractivity contribution >= 4 is 22.7 Å². The number of nitrogens with two attached hydrogens (primary N) is 1. The van der Waals surface area contributed by atoms with Crippen molar-refractivity contribution in [1.29, 1.82) is 0 Å². The maximum atomic E-state index is 12.9. The van der Waals surface area contributed by atoms with Crippen LogP contribution in [0.25, 0.3) is 0 Å². The Balaban J connectivity index is 0.000000260. The molecule has 2 N–H and O–H groups in total. The molecule has 2 fully saturated rings. The summed E-state index contributed by atoms with van der Waals surface area (Å²) in [7, 11) is 0. The van der Waals surface area contributed by atoms with Crippen LogP contribution in [0.1, 0.15) is 78.7 Å². The van der Waals surface area contributed by atoms with Crippen LogP contribution in [0.2, 0.25) is 0 Å². The molecule has 2 saturated carbocycles. The summed E-state index contributed by atoms with van der Waals surface area (Å²) in [6.45, 7) is 10.8. The summed E-state index contributed by atoms with van der Waals surface area (Å²) in [6, 6.07) is 0. The zero-order valence-corrected chi connectivity index (χ0v) is 23.1. The van der Waals surface area contributed by atoms with E-state index in [0.29, 0.717) is 12.8 Å². The highest BCUT2D eigenvalue weighted by atomic mass is 32.1. The molecule has 196 valence electrons. The monoisotopic (exact) mass is 522 g/mol. The number of alkyl halides is 1. The molecule has 0 aromatic carbocycles. The number of hydrogen-bond donors (Lipinski definition) is 1. The smallest absolute Gasteiger partial charge is 0.273 e. The van der Waals surface area contributed by atoms with Gasteiger partial charge in [-0.25, -0.2) is 14.4 Å². The van der Waals surface area contributed by atoms with Crippen molar-refractivity contribution in [1.82, 2.24) is 14.9 Å². The summed E-state index contributed by atoms with van der Waals surface area (Å²) in [4.78, 5) is 14.2. The van der Waals surface area contributed by atoms with E-state index in [4.69, 9.17) is 4.74 Å². The standard InChI is InChI=1S/C19H29FN2OS.C6H9NS.C2H5N/c20-15-12-16(13-15)23-19-21-17-7-10-22(11-8-18(17)24-19)9-6-14-4-2-1-3-5-14;1-3-6-4-7-5(2)8-6;1-2-3/h14-16H,1-13H2;4H,3H2,1-2H3;2H,1,3H2. The minimum Gasteiger partial charge on any atom is -0.466 e. The van der Waals surface area contributed by atoms with Crippen molar-refractivity contribution in [3.8, 4) is 5.19 Å². The molecule has 0 atom stereocenters. The molecule has 8 heteroatoms. The predicted molar refractivity (Wildman–Crippen MR) is 146 cm³/mol. The van der Waals surface area contributed by atoms with E-state index in [9.17, 15) is 4.39 Å². The normalized spacial score (nSPS) is 22.4. The topological polar surface area (TPSA) is 64.3 Å². The molecule has 0 bridgehead atoms. The Morgan fingerprint density at radius 3 is 2.51 bits per heavy atom. The number of aryl methyl sites for hydroxylation is 2. The maximum Gasteiger partial charge on any atom is 0.273 e. The zero-order chi connectivity index (χ0) is 25.0. The molecular formula is C27H43FN4OS2. The lowest BCUT2D eigenvalue weighted by Crippen LogP contribution is -2.34. The van der Waals surface area contributed by atoms with Gasteiger partial charge in [-0.3, -0.25) is 0 Å². The molecule has 0 saturated heterocycles. The van der Waals surface area contributed by atoms with Gasteiger partial charge in [0.1, 0.15) is 12.3 Å². The van der Waals surface area contributed by atoms with Gasteiger partial charge in [0, 0.05) is 48.3 Å². The summed E-state index contributed by atoms with van der Waals surface area (Å²) in [5.41, 5.74) is 5.84. The van der Waals surface area contributed by atoms with Crippen molar-refractivity contribution < 1.29 is 9.13 Å². The lowest BCUT2D eigenvalue weighted by atomic mass is 9.87. The minimum absolute atomic E-state index is 0.0572. The maximum absolute atomic E-state index is 12.9. The molecule has 2 aromatic heterocycles. The molecule has 0 unspecified atom stereocenters. The van der Waals surface area contributed by atoms with Crippen LogP contribution in [0.15, 0.2) is 19.0 Å². The number of rotatable bonds is 6. The van der Waals surface area contributed by atoms with E-state index in [-0.39, 0.29) is 6.10 Å². The Kier molecular flexibility index (Phi) is 12.0. The van der Waals surface area contributed by atoms with Crippen LogP contribution in [0.4, 0.5) is 4.39 Å². The third-order valence-corrected chi connectivity index (χ3v) is 9.08. The first-order valence-corrected chi connectivity index (χ1v) is 14.9. The molecule has 5 rings (SSSR count). The molecule has 5 nitrogen and oxygen atoms in total. The van der Waals surface area contributed by atoms with Crippen LogP contribution in [-0.4, -0.2) is 46.8 Å². The average molecular weight is 523 g/mol. The second kappa shape index (κ2) is 14.9. The van der Waals surface area contributed by atoms with Crippen molar-refractivity contribution in [3.05, 3.63) is 39.4 Å². The van der Waals surface area contributed by atoms with E-state index in [1.807, 2.05) is 13.1 Å². The number of fused-ring (bicyclic) bond motifs is 1. The Morgan fingerprint density at radius 2 is 1.91 bits per heavy atom. The first kappa shape index (κ1) is 28.1. The Hall–Kier alpha value is -1.51. The zero-order valence-electron chi connectivity index (χ0n) is 21.5. The van der Waals surface area contributed by atoms with E-state index in [0.717, 1.165) is 43.5 Å². The number of nitrogens with zero attached hydrogens (tertiary/aromatic N) is 3. The SMILES string of the molecule is C=CN.CCc1cnc(C)s1.FC1CC(Oc2nc3c(s2)CCN(CCC2CCCCC2)CC3)C1. The van der Waals surface area contributed by atoms with E-state index in [1.54, 1.807) is 22.7 Å². The fraction of sp³-hybridized carbons (Fsp3) is 0.704. The molecule has 35 heavy (non-hydrogen) atoms. The number of halogens is 1. The molecule has 1 aliphatic heterocycles. The largest absolute Gasteiger partial charge is 0.466 e. The summed E-state index contributed by atoms with van der Waals surface area (Å²) < 4.78 is 18.7. The molecule has 3 aliphatic rings. The fourth-order valence-corrected chi connectivity index (χ4v) is 6.55. The number of hydrogen-bond acceptors (Lipinski definition) is 7. The Morgan fingerprint density at radius 1 is 1.20 bits per heavy atom. The van der Waals surface area contributed by atoms with E-state index in [1.165, 1.54) is 71.7 Å². The van der Waals surface area contributed by atoms with Crippen molar-refractivity contribution in [2.45, 2.75) is 96.8 Å². The Labute approximate surface area is 219 Å². The van der Waals surface area contributed by atoms with Crippen LogP contribution < -0.4 is 10.5 Å². The number of thiazole rings is 2. The quantitative estimate of drug-likeness (QED) is 0.469. The summed E-state index contributed by atoms with van der Waals surface area (Å²) >= 11 is 3.47. The van der Waals surface area contributed by atoms with Gasteiger partial charge in [-0.05, 0) is 44.8 Å². The van der Waals surface area contributed by atoms with Gasteiger partial charge in [0.2, 0.25) is 0 Å². The fourth-order valence-electron chi connectivity index (χ4n) is 4.81. The van der Waals surface area contributed by atoms with Gasteiger partial charge in [0.25, 0.3) is 5.19 Å². The third-order valence-electron chi connectivity index (χ3n) is 6.98. The van der Waals surface area contributed by atoms with Crippen LogP contribution in [0.5, 0.6) is 5.19 Å². The van der Waals surface area contributed by atoms with Crippen LogP contribution >= 0.6 is 22.7 Å². The minimum atomic E-state index is -0.662. The lowest BCUT2D eigenvalue weighted by molar-refractivity contribution is 0.0407. The van der Waals surface area contributed by atoms with Crippen molar-refractivity contribution in [2.24, 2.45) is 11.7 Å². The molecule has 3 heterocycles. The lowest BCUT2D eigenvalue weighted by Gasteiger charge is -2.28. The average Bonchev–Trinajstić information content (AvgIpc) is 3.39. The predicted octanol–water partition coefficient (Wildman–Crippen LogP) is 6.50. The highest BCUT2D eigenvalue weighted by molar-refractivity contribution is 7.13. The van der Waals surface area contributed by atoms with Gasteiger partial charge < -0.3 is 15.4 Å². The first-order chi connectivity index (χ1) is 17.0. The van der Waals surface area contributed by atoms with Gasteiger partial charge in [-0.1, -0.05) is 56.9 Å². The summed E-state index contributed by atoms with van der Waals surface area (Å²) in [6.07, 6.45) is 15.5. The van der Waals surface area contributed by atoms with E-state index in [2.05, 4.69) is 34.1 Å². The first-order valence-electron chi connectivity index (χ1n) is 13.3. The van der Waals surface area contributed by atoms with Gasteiger partial charge in [-0.2, -0.15) is 0 Å². The molecule has 2 aromatic rings. The molecule has 0 radical (unpaired) electrons. The van der Waals surface area contributed by atoms with Crippen LogP contribution in [0, 0.1) is 12.8 Å². The molecule has 0 amide bonds. The molecule has 2 aliphatic carbocycles. The van der Waals surface area contributed by atoms with Gasteiger partial charge in [-0.15, -0.1) is 11.3 Å². The van der Waals surface area contributed by atoms with Crippen molar-refractivity contribution in [3.63, 3.8) is 0 Å². The summed E-state index contributed by atoms with van der Waals surface area (Å²) in [5, 5.41) is 1.94.